The second-order valence-electron chi connectivity index (χ2n) is 5.21. The monoisotopic (exact) mass is 281 g/mol. The number of ether oxygens (including phenoxy) is 1. The Labute approximate surface area is 116 Å². The molecule has 0 radical (unpaired) electrons. The van der Waals surface area contributed by atoms with E-state index in [0.29, 0.717) is 16.6 Å². The molecule has 6 heteroatoms. The number of hydrogen-bond donors (Lipinski definition) is 2. The van der Waals surface area contributed by atoms with E-state index < -0.39 is 0 Å². The minimum Gasteiger partial charge on any atom is -0.397 e. The lowest BCUT2D eigenvalue weighted by molar-refractivity contribution is 0.0956. The zero-order valence-corrected chi connectivity index (χ0v) is 11.8. The van der Waals surface area contributed by atoms with Gasteiger partial charge in [-0.15, -0.1) is 11.3 Å². The first-order valence-electron chi connectivity index (χ1n) is 6.65. The lowest BCUT2D eigenvalue weighted by Crippen LogP contribution is -2.25. The Bertz CT molecular complexity index is 484. The van der Waals surface area contributed by atoms with Gasteiger partial charge in [0.2, 0.25) is 0 Å². The van der Waals surface area contributed by atoms with E-state index in [-0.39, 0.29) is 12.0 Å². The van der Waals surface area contributed by atoms with Gasteiger partial charge in [-0.1, -0.05) is 0 Å². The molecule has 0 bridgehead atoms. The molecule has 104 valence electrons. The third-order valence-corrected chi connectivity index (χ3v) is 4.87. The van der Waals surface area contributed by atoms with E-state index in [4.69, 9.17) is 10.5 Å². The molecule has 2 heterocycles. The molecule has 3 rings (SSSR count). The Hall–Kier alpha value is -1.27. The second kappa shape index (κ2) is 5.02. The van der Waals surface area contributed by atoms with Gasteiger partial charge in [0.15, 0.2) is 0 Å². The number of amides is 1. The maximum atomic E-state index is 12.0. The van der Waals surface area contributed by atoms with Gasteiger partial charge in [0.25, 0.3) is 5.91 Å². The van der Waals surface area contributed by atoms with Crippen LogP contribution in [0.5, 0.6) is 0 Å². The molecule has 3 N–H and O–H groups in total. The van der Waals surface area contributed by atoms with Crippen LogP contribution in [0, 0.1) is 0 Å². The van der Waals surface area contributed by atoms with Gasteiger partial charge in [0, 0.05) is 26.2 Å². The van der Waals surface area contributed by atoms with E-state index in [9.17, 15) is 4.79 Å². The SMILES string of the molecule is COC1CCN(c2cc(N)c(C(=O)NC3CC3)s2)C1. The van der Waals surface area contributed by atoms with E-state index in [1.54, 1.807) is 7.11 Å². The highest BCUT2D eigenvalue weighted by atomic mass is 32.1. The fourth-order valence-electron chi connectivity index (χ4n) is 2.32. The van der Waals surface area contributed by atoms with Crippen LogP contribution in [0.4, 0.5) is 10.7 Å². The van der Waals surface area contributed by atoms with E-state index >= 15 is 0 Å². The molecule has 0 aromatic carbocycles. The number of anilines is 2. The molecule has 1 amide bonds. The summed E-state index contributed by atoms with van der Waals surface area (Å²) in [7, 11) is 1.74. The maximum Gasteiger partial charge on any atom is 0.263 e. The van der Waals surface area contributed by atoms with E-state index in [1.807, 2.05) is 6.07 Å². The molecule has 5 nitrogen and oxygen atoms in total. The highest BCUT2D eigenvalue weighted by molar-refractivity contribution is 7.18. The largest absolute Gasteiger partial charge is 0.397 e. The standard InChI is InChI=1S/C13H19N3O2S/c1-18-9-4-5-16(7-9)11-6-10(14)12(19-11)13(17)15-8-2-3-8/h6,8-9H,2-5,7,14H2,1H3,(H,15,17). The van der Waals surface area contributed by atoms with Gasteiger partial charge in [0.05, 0.1) is 16.8 Å². The van der Waals surface area contributed by atoms with Crippen molar-refractivity contribution in [2.75, 3.05) is 30.8 Å². The number of nitrogens with one attached hydrogen (secondary N) is 1. The van der Waals surface area contributed by atoms with Crippen LogP contribution in [0.25, 0.3) is 0 Å². The van der Waals surface area contributed by atoms with Crippen molar-refractivity contribution in [1.82, 2.24) is 5.32 Å². The average Bonchev–Trinajstić information content (AvgIpc) is 2.93. The summed E-state index contributed by atoms with van der Waals surface area (Å²) < 4.78 is 5.36. The molecule has 2 aliphatic rings. The summed E-state index contributed by atoms with van der Waals surface area (Å²) in [4.78, 5) is 14.9. The number of nitrogens with two attached hydrogens (primary N) is 1. The number of methoxy groups -OCH3 is 1. The fraction of sp³-hybridized carbons (Fsp3) is 0.615. The van der Waals surface area contributed by atoms with Crippen molar-refractivity contribution in [3.05, 3.63) is 10.9 Å². The Morgan fingerprint density at radius 1 is 1.53 bits per heavy atom. The molecule has 1 aromatic heterocycles. The first-order valence-corrected chi connectivity index (χ1v) is 7.47. The summed E-state index contributed by atoms with van der Waals surface area (Å²) in [6.07, 6.45) is 3.49. The van der Waals surface area contributed by atoms with Gasteiger partial charge >= 0.3 is 0 Å². The number of thiophene rings is 1. The van der Waals surface area contributed by atoms with Crippen molar-refractivity contribution in [3.8, 4) is 0 Å². The summed E-state index contributed by atoms with van der Waals surface area (Å²) in [6, 6.07) is 2.27. The third-order valence-electron chi connectivity index (χ3n) is 3.66. The Morgan fingerprint density at radius 2 is 2.32 bits per heavy atom. The van der Waals surface area contributed by atoms with E-state index in [0.717, 1.165) is 37.4 Å². The van der Waals surface area contributed by atoms with Crippen molar-refractivity contribution in [2.24, 2.45) is 0 Å². The number of nitrogens with zero attached hydrogens (tertiary/aromatic N) is 1. The Kier molecular flexibility index (Phi) is 3.36. The molecule has 1 atom stereocenters. The van der Waals surface area contributed by atoms with Crippen molar-refractivity contribution in [2.45, 2.75) is 31.4 Å². The van der Waals surface area contributed by atoms with E-state index in [2.05, 4.69) is 10.2 Å². The first-order chi connectivity index (χ1) is 9.17. The Balaban J connectivity index is 1.71. The van der Waals surface area contributed by atoms with Crippen LogP contribution in [-0.2, 0) is 4.74 Å². The summed E-state index contributed by atoms with van der Waals surface area (Å²) >= 11 is 1.48. The van der Waals surface area contributed by atoms with E-state index in [1.165, 1.54) is 11.3 Å². The van der Waals surface area contributed by atoms with Crippen LogP contribution >= 0.6 is 11.3 Å². The molecule has 1 aromatic rings. The van der Waals surface area contributed by atoms with Crippen molar-refractivity contribution >= 4 is 27.9 Å². The topological polar surface area (TPSA) is 67.6 Å². The number of hydrogen-bond acceptors (Lipinski definition) is 5. The quantitative estimate of drug-likeness (QED) is 0.876. The van der Waals surface area contributed by atoms with Gasteiger partial charge in [-0.25, -0.2) is 0 Å². The molecule has 1 aliphatic carbocycles. The minimum atomic E-state index is -0.0289. The smallest absolute Gasteiger partial charge is 0.263 e. The van der Waals surface area contributed by atoms with Gasteiger partial charge in [-0.3, -0.25) is 4.79 Å². The number of rotatable bonds is 4. The number of carbonyl (C=O) groups is 1. The summed E-state index contributed by atoms with van der Waals surface area (Å²) in [6.45, 7) is 1.84. The average molecular weight is 281 g/mol. The van der Waals surface area contributed by atoms with Gasteiger partial charge < -0.3 is 20.7 Å². The fourth-order valence-corrected chi connectivity index (χ4v) is 3.34. The van der Waals surface area contributed by atoms with Crippen LogP contribution < -0.4 is 16.0 Å². The number of nitrogen functional groups attached to an aromatic ring is 1. The lowest BCUT2D eigenvalue weighted by Gasteiger charge is -2.15. The predicted molar refractivity (Wildman–Crippen MR) is 76.8 cm³/mol. The molecule has 19 heavy (non-hydrogen) atoms. The Morgan fingerprint density at radius 3 is 2.95 bits per heavy atom. The molecular weight excluding hydrogens is 262 g/mol. The highest BCUT2D eigenvalue weighted by Crippen LogP contribution is 2.35. The van der Waals surface area contributed by atoms with Gasteiger partial charge in [-0.2, -0.15) is 0 Å². The lowest BCUT2D eigenvalue weighted by atomic mass is 10.3. The molecule has 1 unspecified atom stereocenters. The van der Waals surface area contributed by atoms with Crippen molar-refractivity contribution in [1.29, 1.82) is 0 Å². The predicted octanol–water partition coefficient (Wildman–Crippen LogP) is 1.45. The number of carbonyl (C=O) groups excluding carboxylic acids is 1. The normalized spacial score (nSPS) is 22.8. The van der Waals surface area contributed by atoms with Crippen LogP contribution in [-0.4, -0.2) is 38.3 Å². The molecule has 1 saturated carbocycles. The van der Waals surface area contributed by atoms with Gasteiger partial charge in [0.1, 0.15) is 4.88 Å². The van der Waals surface area contributed by atoms with Crippen LogP contribution in [0.3, 0.4) is 0 Å². The zero-order chi connectivity index (χ0) is 13.4. The van der Waals surface area contributed by atoms with Crippen LogP contribution in [0.15, 0.2) is 6.07 Å². The van der Waals surface area contributed by atoms with Crippen molar-refractivity contribution < 1.29 is 9.53 Å². The van der Waals surface area contributed by atoms with Crippen LogP contribution in [0.1, 0.15) is 28.9 Å². The molecule has 2 fully saturated rings. The molecule has 1 saturated heterocycles. The third kappa shape index (κ3) is 2.69. The molecule has 1 aliphatic heterocycles. The first kappa shape index (κ1) is 12.7. The second-order valence-corrected chi connectivity index (χ2v) is 6.24. The molecule has 0 spiro atoms. The zero-order valence-electron chi connectivity index (χ0n) is 11.0. The summed E-state index contributed by atoms with van der Waals surface area (Å²) in [5.74, 6) is -0.0289. The van der Waals surface area contributed by atoms with Gasteiger partial charge in [-0.05, 0) is 25.3 Å². The summed E-state index contributed by atoms with van der Waals surface area (Å²) in [5.41, 5.74) is 6.55. The maximum absolute atomic E-state index is 12.0. The summed E-state index contributed by atoms with van der Waals surface area (Å²) in [5, 5.41) is 4.05. The van der Waals surface area contributed by atoms with Crippen LogP contribution in [0.2, 0.25) is 0 Å². The molecular formula is C13H19N3O2S. The highest BCUT2D eigenvalue weighted by Gasteiger charge is 2.28. The van der Waals surface area contributed by atoms with Crippen molar-refractivity contribution in [3.63, 3.8) is 0 Å². The minimum absolute atomic E-state index is 0.0289.